The maximum atomic E-state index is 10.6. The van der Waals surface area contributed by atoms with Crippen LogP contribution in [0.2, 0.25) is 0 Å². The van der Waals surface area contributed by atoms with Crippen molar-refractivity contribution in [2.75, 3.05) is 0 Å². The molecule has 0 amide bonds. The Morgan fingerprint density at radius 2 is 0.515 bits per heavy atom. The Bertz CT molecular complexity index is 9090. The third-order valence-electron chi connectivity index (χ3n) is 26.4. The van der Waals surface area contributed by atoms with Crippen molar-refractivity contribution >= 4 is 87.2 Å². The Hall–Kier alpha value is -19.1. The average Bonchev–Trinajstić information content (AvgIpc) is 1.46. The van der Waals surface area contributed by atoms with Gasteiger partial charge in [0, 0.05) is 99.0 Å². The van der Waals surface area contributed by atoms with Gasteiger partial charge in [0.05, 0.1) is 90.4 Å². The molecule has 25 rings (SSSR count). The van der Waals surface area contributed by atoms with E-state index in [4.69, 9.17) is 29.9 Å². The molecular weight excluding hydrogens is 1660 g/mol. The predicted molar refractivity (Wildman–Crippen MR) is 550 cm³/mol. The smallest absolute Gasteiger partial charge is 0.166 e. The zero-order chi connectivity index (χ0) is 90.4. The number of nitriles is 3. The molecule has 0 spiro atoms. The number of para-hydroxylation sites is 5. The summed E-state index contributed by atoms with van der Waals surface area (Å²) < 4.78 is 9.55. The molecule has 0 aliphatic heterocycles. The minimum atomic E-state index is 0.456. The van der Waals surface area contributed by atoms with Crippen LogP contribution in [0.5, 0.6) is 0 Å². The van der Waals surface area contributed by atoms with Crippen molar-refractivity contribution in [2.24, 2.45) is 0 Å². The monoisotopic (exact) mass is 1730 g/mol. The Balaban J connectivity index is 0.747. The van der Waals surface area contributed by atoms with E-state index in [2.05, 4.69) is 316 Å². The molecule has 0 fully saturated rings. The predicted octanol–water partition coefficient (Wildman–Crippen LogP) is 30.1. The molecule has 6 aromatic heterocycles. The standard InChI is InChI=1S/C123H73N13/c124-74-77-30-25-41-82(68-77)83-58-63-100-113(73-83)136(110-67-62-86(94-49-26-53-99-96-48-23-24-55-106(96)133(116(94)99)90-42-15-5-16-43-90)71-105(110)123-131-120(80-35-11-3-12-36-80)128-121(132-123)81-37-13-4-14-38-81)112-57-29-51-97(114(100)112)98-52-28-56-111-115(98)101-54-27-50-95(117(101)134(111)91-44-17-6-18-45-91)87-61-66-109(104(72-87)122-129-118(78-31-7-1-8-32-78)127-119(130-122)79-33-9-2-10-34-79)135-107-64-59-84(92-46-21-19-39-88(92)75-125)69-102(107)103-70-85(60-65-108(103)135)93-47-22-20-40-89(93)76-126/h1-73H. The van der Waals surface area contributed by atoms with Crippen molar-refractivity contribution in [2.45, 2.75) is 0 Å². The van der Waals surface area contributed by atoms with E-state index in [1.165, 1.54) is 0 Å². The number of benzene rings is 19. The highest BCUT2D eigenvalue weighted by Crippen LogP contribution is 2.51. The molecule has 19 aromatic carbocycles. The Labute approximate surface area is 781 Å². The number of aromatic nitrogens is 10. The maximum Gasteiger partial charge on any atom is 0.166 e. The molecule has 0 saturated heterocycles. The Morgan fingerprint density at radius 3 is 1.01 bits per heavy atom. The van der Waals surface area contributed by atoms with E-state index < -0.39 is 0 Å². The number of hydrogen-bond acceptors (Lipinski definition) is 9. The molecule has 13 nitrogen and oxygen atoms in total. The largest absolute Gasteiger partial charge is 0.309 e. The average molecular weight is 1730 g/mol. The highest BCUT2D eigenvalue weighted by atomic mass is 15.1. The van der Waals surface area contributed by atoms with Gasteiger partial charge in [0.2, 0.25) is 0 Å². The maximum absolute atomic E-state index is 10.6. The Kier molecular flexibility index (Phi) is 19.1. The molecule has 0 aliphatic rings. The summed E-state index contributed by atoms with van der Waals surface area (Å²) in [6, 6.07) is 161. The molecule has 0 aliphatic carbocycles. The molecule has 13 heteroatoms. The van der Waals surface area contributed by atoms with Gasteiger partial charge in [0.1, 0.15) is 0 Å². The molecule has 0 radical (unpaired) electrons. The van der Waals surface area contributed by atoms with Gasteiger partial charge in [-0.25, -0.2) is 29.9 Å². The minimum Gasteiger partial charge on any atom is -0.309 e. The first kappa shape index (κ1) is 79.1. The second-order valence-corrected chi connectivity index (χ2v) is 34.1. The van der Waals surface area contributed by atoms with E-state index in [1.807, 2.05) is 164 Å². The molecule has 25 aromatic rings. The van der Waals surface area contributed by atoms with Crippen LogP contribution in [0.1, 0.15) is 16.7 Å². The van der Waals surface area contributed by atoms with E-state index in [9.17, 15) is 15.8 Å². The van der Waals surface area contributed by atoms with Crippen LogP contribution in [0, 0.1) is 34.0 Å². The van der Waals surface area contributed by atoms with Crippen molar-refractivity contribution in [1.82, 2.24) is 48.2 Å². The third-order valence-corrected chi connectivity index (χ3v) is 26.4. The van der Waals surface area contributed by atoms with Crippen molar-refractivity contribution < 1.29 is 0 Å². The highest BCUT2D eigenvalue weighted by Gasteiger charge is 2.30. The molecule has 0 bridgehead atoms. The van der Waals surface area contributed by atoms with E-state index in [0.29, 0.717) is 51.6 Å². The van der Waals surface area contributed by atoms with Gasteiger partial charge in [-0.1, -0.05) is 322 Å². The minimum absolute atomic E-state index is 0.456. The van der Waals surface area contributed by atoms with Crippen molar-refractivity contribution in [3.8, 4) is 176 Å². The van der Waals surface area contributed by atoms with E-state index >= 15 is 0 Å². The summed E-state index contributed by atoms with van der Waals surface area (Å²) in [5.74, 6) is 3.02. The van der Waals surface area contributed by atoms with Crippen LogP contribution in [-0.4, -0.2) is 48.2 Å². The first-order valence-corrected chi connectivity index (χ1v) is 45.2. The van der Waals surface area contributed by atoms with Crippen molar-refractivity contribution in [3.63, 3.8) is 0 Å². The van der Waals surface area contributed by atoms with Crippen LogP contribution in [0.15, 0.2) is 443 Å². The van der Waals surface area contributed by atoms with Crippen LogP contribution in [-0.2, 0) is 0 Å². The molecule has 0 atom stereocenters. The van der Waals surface area contributed by atoms with E-state index in [-0.39, 0.29) is 0 Å². The zero-order valence-corrected chi connectivity index (χ0v) is 73.0. The lowest BCUT2D eigenvalue weighted by Crippen LogP contribution is -2.04. The first-order valence-electron chi connectivity index (χ1n) is 45.2. The van der Waals surface area contributed by atoms with Gasteiger partial charge in [0.25, 0.3) is 0 Å². The number of rotatable bonds is 16. The fourth-order valence-corrected chi connectivity index (χ4v) is 20.3. The molecule has 136 heavy (non-hydrogen) atoms. The summed E-state index contributed by atoms with van der Waals surface area (Å²) in [5, 5.41) is 40.0. The van der Waals surface area contributed by atoms with Gasteiger partial charge in [-0.2, -0.15) is 15.8 Å². The van der Waals surface area contributed by atoms with Gasteiger partial charge in [-0.15, -0.1) is 0 Å². The second-order valence-electron chi connectivity index (χ2n) is 34.1. The molecule has 0 unspecified atom stereocenters. The lowest BCUT2D eigenvalue weighted by Gasteiger charge is -2.18. The van der Waals surface area contributed by atoms with Crippen LogP contribution in [0.3, 0.4) is 0 Å². The van der Waals surface area contributed by atoms with Crippen LogP contribution < -0.4 is 0 Å². The molecule has 0 saturated carbocycles. The van der Waals surface area contributed by atoms with Gasteiger partial charge < -0.3 is 18.3 Å². The Morgan fingerprint density at radius 1 is 0.176 bits per heavy atom. The van der Waals surface area contributed by atoms with Gasteiger partial charge in [0.15, 0.2) is 34.9 Å². The van der Waals surface area contributed by atoms with E-state index in [1.54, 1.807) is 0 Å². The van der Waals surface area contributed by atoms with Crippen molar-refractivity contribution in [3.05, 3.63) is 460 Å². The number of nitrogens with zero attached hydrogens (tertiary/aromatic N) is 13. The fourth-order valence-electron chi connectivity index (χ4n) is 20.3. The lowest BCUT2D eigenvalue weighted by molar-refractivity contribution is 1.06. The van der Waals surface area contributed by atoms with Gasteiger partial charge in [-0.3, -0.25) is 0 Å². The van der Waals surface area contributed by atoms with E-state index in [0.717, 1.165) is 210 Å². The summed E-state index contributed by atoms with van der Waals surface area (Å²) >= 11 is 0. The van der Waals surface area contributed by atoms with Gasteiger partial charge >= 0.3 is 0 Å². The lowest BCUT2D eigenvalue weighted by atomic mass is 9.93. The van der Waals surface area contributed by atoms with Crippen molar-refractivity contribution in [1.29, 1.82) is 15.8 Å². The normalized spacial score (nSPS) is 11.5. The molecular formula is C123H73N13. The zero-order valence-electron chi connectivity index (χ0n) is 73.0. The molecule has 6 heterocycles. The second kappa shape index (κ2) is 32.8. The SMILES string of the molecule is N#Cc1cccc(-c2ccc3c4c(-c5cccc6c5c5cccc(-c7ccc(-n8c9ccc(-c%10ccccc%10C#N)cc9c9cc(-c%10ccccc%10C#N)ccc98)c(-c8nc(-c9ccccc9)nc(-c9ccccc9)n8)c7)c5n6-c5ccccc5)cccc4n(-c4ccc(-c5cccc6c7ccccc7n(-c7ccccc7)c56)cc4-c4nc(-c5ccccc5)nc(-c5ccccc5)n4)c3c2)c1. The quantitative estimate of drug-likeness (QED) is 0.0914. The fraction of sp³-hybridized carbons (Fsp3) is 0. The number of fused-ring (bicyclic) bond motifs is 12. The summed E-state index contributed by atoms with van der Waals surface area (Å²) in [6.07, 6.45) is 0. The summed E-state index contributed by atoms with van der Waals surface area (Å²) in [7, 11) is 0. The number of hydrogen-bond donors (Lipinski definition) is 0. The summed E-state index contributed by atoms with van der Waals surface area (Å²) in [5.41, 5.74) is 29.2. The van der Waals surface area contributed by atoms with Crippen LogP contribution in [0.4, 0.5) is 0 Å². The van der Waals surface area contributed by atoms with Crippen LogP contribution in [0.25, 0.3) is 245 Å². The van der Waals surface area contributed by atoms with Crippen LogP contribution >= 0.6 is 0 Å². The third kappa shape index (κ3) is 13.3. The highest BCUT2D eigenvalue weighted by molar-refractivity contribution is 6.25. The topological polar surface area (TPSA) is 168 Å². The first-order chi connectivity index (χ1) is 67.3. The molecule has 630 valence electrons. The van der Waals surface area contributed by atoms with Gasteiger partial charge in [-0.05, 0) is 177 Å². The summed E-state index contributed by atoms with van der Waals surface area (Å²) in [4.78, 5) is 33.0. The summed E-state index contributed by atoms with van der Waals surface area (Å²) in [6.45, 7) is 0. The molecule has 0 N–H and O–H groups in total.